The summed E-state index contributed by atoms with van der Waals surface area (Å²) < 4.78 is 5.84. The zero-order valence-corrected chi connectivity index (χ0v) is 17.9. The van der Waals surface area contributed by atoms with Crippen molar-refractivity contribution >= 4 is 28.9 Å². The molecule has 0 bridgehead atoms. The summed E-state index contributed by atoms with van der Waals surface area (Å²) in [5.41, 5.74) is 15.1. The van der Waals surface area contributed by atoms with Gasteiger partial charge in [-0.1, -0.05) is 30.0 Å². The second kappa shape index (κ2) is 8.98. The Hall–Kier alpha value is -3.70. The van der Waals surface area contributed by atoms with E-state index in [2.05, 4.69) is 0 Å². The average molecular weight is 427 g/mol. The van der Waals surface area contributed by atoms with Gasteiger partial charge >= 0.3 is 0 Å². The number of aryl methyl sites for hydroxylation is 1. The van der Waals surface area contributed by atoms with Gasteiger partial charge in [-0.25, -0.2) is 0 Å². The molecule has 0 spiro atoms. The number of carbonyl (C=O) groups excluding carboxylic acids is 1. The van der Waals surface area contributed by atoms with Crippen LogP contribution < -0.4 is 16.2 Å². The molecule has 4 N–H and O–H groups in total. The third-order valence-electron chi connectivity index (χ3n) is 4.73. The normalized spacial score (nSPS) is 10.6. The molecule has 31 heavy (non-hydrogen) atoms. The highest BCUT2D eigenvalue weighted by atomic mass is 32.2. The van der Waals surface area contributed by atoms with Crippen molar-refractivity contribution in [3.05, 3.63) is 108 Å². The lowest BCUT2D eigenvalue weighted by Gasteiger charge is -2.10. The first-order valence-electron chi connectivity index (χ1n) is 9.80. The molecule has 0 saturated carbocycles. The number of benzene rings is 4. The molecule has 4 nitrogen and oxygen atoms in total. The van der Waals surface area contributed by atoms with E-state index in [9.17, 15) is 4.79 Å². The molecule has 0 saturated heterocycles. The highest BCUT2D eigenvalue weighted by Gasteiger charge is 2.11. The smallest absolute Gasteiger partial charge is 0.193 e. The van der Waals surface area contributed by atoms with E-state index in [-0.39, 0.29) is 5.78 Å². The number of hydrogen-bond acceptors (Lipinski definition) is 5. The zero-order chi connectivity index (χ0) is 21.8. The van der Waals surface area contributed by atoms with Gasteiger partial charge in [-0.05, 0) is 79.2 Å². The number of ether oxygens (including phenoxy) is 1. The van der Waals surface area contributed by atoms with Gasteiger partial charge in [0.2, 0.25) is 0 Å². The Morgan fingerprint density at radius 1 is 0.742 bits per heavy atom. The molecule has 4 aromatic carbocycles. The van der Waals surface area contributed by atoms with E-state index in [1.165, 1.54) is 0 Å². The molecule has 0 unspecified atom stereocenters. The van der Waals surface area contributed by atoms with Gasteiger partial charge in [0.05, 0.1) is 0 Å². The van der Waals surface area contributed by atoms with Gasteiger partial charge in [0.25, 0.3) is 0 Å². The maximum Gasteiger partial charge on any atom is 0.193 e. The number of nitrogen functional groups attached to an aromatic ring is 2. The second-order valence-corrected chi connectivity index (χ2v) is 8.30. The molecule has 0 amide bonds. The van der Waals surface area contributed by atoms with E-state index in [4.69, 9.17) is 16.2 Å². The minimum absolute atomic E-state index is 0.0324. The SMILES string of the molecule is Cc1cc(C(=O)c2cccc(N)c2)ccc1Sc1ccc(Oc2cccc(N)c2)cc1. The summed E-state index contributed by atoms with van der Waals surface area (Å²) in [6, 6.07) is 28.0. The Balaban J connectivity index is 1.46. The predicted molar refractivity (Wildman–Crippen MR) is 127 cm³/mol. The van der Waals surface area contributed by atoms with E-state index < -0.39 is 0 Å². The third kappa shape index (κ3) is 5.08. The molecule has 5 heteroatoms. The summed E-state index contributed by atoms with van der Waals surface area (Å²) in [6.07, 6.45) is 0. The second-order valence-electron chi connectivity index (χ2n) is 7.18. The molecule has 0 aliphatic carbocycles. The molecule has 4 rings (SSSR count). The predicted octanol–water partition coefficient (Wildman–Crippen LogP) is 6.33. The lowest BCUT2D eigenvalue weighted by molar-refractivity contribution is 0.103. The van der Waals surface area contributed by atoms with Gasteiger partial charge in [0.1, 0.15) is 11.5 Å². The van der Waals surface area contributed by atoms with E-state index in [0.29, 0.717) is 28.3 Å². The van der Waals surface area contributed by atoms with Crippen LogP contribution in [0.2, 0.25) is 0 Å². The Labute approximate surface area is 185 Å². The monoisotopic (exact) mass is 426 g/mol. The lowest BCUT2D eigenvalue weighted by atomic mass is 10.0. The summed E-state index contributed by atoms with van der Waals surface area (Å²) in [5.74, 6) is 1.42. The molecule has 0 atom stereocenters. The number of ketones is 1. The Morgan fingerprint density at radius 2 is 1.42 bits per heavy atom. The first kappa shape index (κ1) is 20.6. The van der Waals surface area contributed by atoms with Crippen LogP contribution in [0.1, 0.15) is 21.5 Å². The van der Waals surface area contributed by atoms with Gasteiger partial charge in [-0.2, -0.15) is 0 Å². The van der Waals surface area contributed by atoms with Crippen LogP contribution in [0.15, 0.2) is 101 Å². The minimum atomic E-state index is -0.0324. The van der Waals surface area contributed by atoms with Crippen LogP contribution in [0.5, 0.6) is 11.5 Å². The maximum absolute atomic E-state index is 12.7. The van der Waals surface area contributed by atoms with Crippen LogP contribution in [0.4, 0.5) is 11.4 Å². The molecule has 0 radical (unpaired) electrons. The number of nitrogens with two attached hydrogens (primary N) is 2. The summed E-state index contributed by atoms with van der Waals surface area (Å²) >= 11 is 1.64. The Morgan fingerprint density at radius 3 is 2.10 bits per heavy atom. The van der Waals surface area contributed by atoms with E-state index in [1.54, 1.807) is 42.1 Å². The van der Waals surface area contributed by atoms with Crippen LogP contribution in [0.3, 0.4) is 0 Å². The molecule has 0 aliphatic heterocycles. The fraction of sp³-hybridized carbons (Fsp3) is 0.0385. The topological polar surface area (TPSA) is 78.3 Å². The third-order valence-corrected chi connectivity index (χ3v) is 5.92. The van der Waals surface area contributed by atoms with Crippen molar-refractivity contribution in [3.63, 3.8) is 0 Å². The Kier molecular flexibility index (Phi) is 5.96. The van der Waals surface area contributed by atoms with Crippen molar-refractivity contribution < 1.29 is 9.53 Å². The van der Waals surface area contributed by atoms with Crippen molar-refractivity contribution in [1.82, 2.24) is 0 Å². The Bertz CT molecular complexity index is 1240. The van der Waals surface area contributed by atoms with Crippen LogP contribution in [0.25, 0.3) is 0 Å². The minimum Gasteiger partial charge on any atom is -0.457 e. The lowest BCUT2D eigenvalue weighted by Crippen LogP contribution is -2.02. The molecule has 154 valence electrons. The summed E-state index contributed by atoms with van der Waals surface area (Å²) in [6.45, 7) is 2.01. The molecule has 0 aromatic heterocycles. The fourth-order valence-corrected chi connectivity index (χ4v) is 4.05. The van der Waals surface area contributed by atoms with Gasteiger partial charge in [-0.15, -0.1) is 0 Å². The first-order chi connectivity index (χ1) is 15.0. The highest BCUT2D eigenvalue weighted by Crippen LogP contribution is 2.33. The molecule has 0 fully saturated rings. The number of anilines is 2. The summed E-state index contributed by atoms with van der Waals surface area (Å²) in [5, 5.41) is 0. The standard InChI is InChI=1S/C26H22N2O2S/c1-17-14-19(26(29)18-4-2-5-20(27)15-18)8-13-25(17)31-24-11-9-22(10-12-24)30-23-7-3-6-21(28)16-23/h2-16H,27-28H2,1H3. The fourth-order valence-electron chi connectivity index (χ4n) is 3.17. The molecular weight excluding hydrogens is 404 g/mol. The zero-order valence-electron chi connectivity index (χ0n) is 17.0. The van der Waals surface area contributed by atoms with Gasteiger partial charge in [-0.3, -0.25) is 4.79 Å². The van der Waals surface area contributed by atoms with E-state index >= 15 is 0 Å². The number of hydrogen-bond donors (Lipinski definition) is 2. The van der Waals surface area contributed by atoms with Crippen molar-refractivity contribution in [2.75, 3.05) is 11.5 Å². The van der Waals surface area contributed by atoms with E-state index in [1.807, 2.05) is 67.6 Å². The number of carbonyl (C=O) groups is 1. The van der Waals surface area contributed by atoms with Crippen molar-refractivity contribution in [2.24, 2.45) is 0 Å². The van der Waals surface area contributed by atoms with Crippen LogP contribution in [-0.4, -0.2) is 5.78 Å². The van der Waals surface area contributed by atoms with Crippen molar-refractivity contribution in [1.29, 1.82) is 0 Å². The molecule has 4 aromatic rings. The summed E-state index contributed by atoms with van der Waals surface area (Å²) in [7, 11) is 0. The van der Waals surface area contributed by atoms with Gasteiger partial charge in [0, 0.05) is 38.4 Å². The highest BCUT2D eigenvalue weighted by molar-refractivity contribution is 7.99. The van der Waals surface area contributed by atoms with Gasteiger partial charge < -0.3 is 16.2 Å². The largest absolute Gasteiger partial charge is 0.457 e. The van der Waals surface area contributed by atoms with Crippen molar-refractivity contribution in [3.8, 4) is 11.5 Å². The molecule has 0 aliphatic rings. The van der Waals surface area contributed by atoms with E-state index in [0.717, 1.165) is 21.1 Å². The maximum atomic E-state index is 12.7. The quantitative estimate of drug-likeness (QED) is 0.278. The van der Waals surface area contributed by atoms with Crippen LogP contribution >= 0.6 is 11.8 Å². The van der Waals surface area contributed by atoms with Crippen LogP contribution in [-0.2, 0) is 0 Å². The summed E-state index contributed by atoms with van der Waals surface area (Å²) in [4.78, 5) is 14.9. The first-order valence-corrected chi connectivity index (χ1v) is 10.6. The van der Waals surface area contributed by atoms with Crippen LogP contribution in [0, 0.1) is 6.92 Å². The number of rotatable bonds is 6. The molecular formula is C26H22N2O2S. The average Bonchev–Trinajstić information content (AvgIpc) is 2.76. The molecule has 0 heterocycles. The van der Waals surface area contributed by atoms with Gasteiger partial charge in [0.15, 0.2) is 5.78 Å². The van der Waals surface area contributed by atoms with Crippen molar-refractivity contribution in [2.45, 2.75) is 16.7 Å².